The van der Waals surface area contributed by atoms with Crippen LogP contribution in [0.25, 0.3) is 33.4 Å². The van der Waals surface area contributed by atoms with Crippen molar-refractivity contribution < 1.29 is 61.5 Å². The smallest absolute Gasteiger partial charge is 0.203 e. The number of halogens is 14. The molecule has 5 aromatic carbocycles. The zero-order valence-corrected chi connectivity index (χ0v) is 28.6. The molecule has 0 N–H and O–H groups in total. The maximum Gasteiger partial charge on any atom is 0.417 e. The van der Waals surface area contributed by atoms with Crippen LogP contribution in [0, 0.1) is 115 Å². The molecule has 0 saturated carbocycles. The molecule has 0 aromatic heterocycles. The lowest BCUT2D eigenvalue weighted by Gasteiger charge is -2.21. The van der Waals surface area contributed by atoms with Gasteiger partial charge in [-0.15, -0.1) is 0 Å². The van der Waals surface area contributed by atoms with Crippen molar-refractivity contribution in [3.63, 3.8) is 0 Å². The molecule has 20 heteroatoms. The molecule has 60 heavy (non-hydrogen) atoms. The number of hydrogen-bond acceptors (Lipinski definition) is 6. The van der Waals surface area contributed by atoms with Crippen molar-refractivity contribution in [2.75, 3.05) is 0 Å². The summed E-state index contributed by atoms with van der Waals surface area (Å²) >= 11 is 0. The largest absolute Gasteiger partial charge is 0.417 e. The van der Waals surface area contributed by atoms with Crippen LogP contribution in [-0.2, 0) is 0 Å². The van der Waals surface area contributed by atoms with Gasteiger partial charge in [0.2, 0.25) is 0 Å². The van der Waals surface area contributed by atoms with E-state index in [2.05, 4.69) is 0 Å². The molecule has 5 rings (SSSR count). The number of nitrogens with zero attached hydrogens (tertiary/aromatic N) is 6. The molecular weight excluding hydrogens is 830 g/mol. The lowest BCUT2D eigenvalue weighted by atomic mass is 9.86. The van der Waals surface area contributed by atoms with Crippen molar-refractivity contribution in [1.82, 2.24) is 0 Å². The van der Waals surface area contributed by atoms with E-state index in [1.807, 2.05) is 0 Å². The normalized spacial score (nSPS) is 12.3. The van der Waals surface area contributed by atoms with Crippen molar-refractivity contribution in [2.24, 2.45) is 0 Å². The van der Waals surface area contributed by atoms with Gasteiger partial charge in [-0.1, -0.05) is 0 Å². The molecule has 0 aliphatic heterocycles. The lowest BCUT2D eigenvalue weighted by Crippen LogP contribution is -2.30. The van der Waals surface area contributed by atoms with Crippen molar-refractivity contribution in [3.05, 3.63) is 150 Å². The van der Waals surface area contributed by atoms with Crippen LogP contribution in [-0.4, -0.2) is 12.4 Å². The van der Waals surface area contributed by atoms with Gasteiger partial charge in [-0.3, -0.25) is 0 Å². The van der Waals surface area contributed by atoms with Crippen LogP contribution in [0.4, 0.5) is 61.5 Å². The van der Waals surface area contributed by atoms with Crippen molar-refractivity contribution >= 4 is 11.1 Å². The molecule has 0 radical (unpaired) electrons. The van der Waals surface area contributed by atoms with E-state index in [1.54, 1.807) is 0 Å². The SMILES string of the molecule is N#Cc1cc(C#N)cc(-c2c/c(=C(\c3c(F)c(F)c(C#N)c(F)c3F)C(F)(F)F)c(-c3cc(C#N)cc(C#N)c3)c/c2=C(\c2c(F)c(F)c(C#N)c(F)c2F)C(F)(F)F)c1. The molecule has 6 nitrogen and oxygen atoms in total. The Kier molecular flexibility index (Phi) is 11.2. The first kappa shape index (κ1) is 42.9. The fourth-order valence-corrected chi connectivity index (χ4v) is 6.07. The summed E-state index contributed by atoms with van der Waals surface area (Å²) in [5.74, 6) is -22.3. The third-order valence-corrected chi connectivity index (χ3v) is 8.52. The van der Waals surface area contributed by atoms with E-state index in [-0.39, 0.29) is 12.1 Å². The highest BCUT2D eigenvalue weighted by atomic mass is 19.4. The van der Waals surface area contributed by atoms with E-state index < -0.39 is 147 Å². The molecule has 0 aliphatic carbocycles. The molecule has 0 bridgehead atoms. The van der Waals surface area contributed by atoms with E-state index in [9.17, 15) is 38.6 Å². The Labute approximate surface area is 325 Å². The van der Waals surface area contributed by atoms with Crippen molar-refractivity contribution in [2.45, 2.75) is 12.4 Å². The van der Waals surface area contributed by atoms with E-state index in [0.29, 0.717) is 36.4 Å². The molecule has 296 valence electrons. The third-order valence-electron chi connectivity index (χ3n) is 8.52. The molecule has 0 heterocycles. The Balaban J connectivity index is 2.36. The highest BCUT2D eigenvalue weighted by Crippen LogP contribution is 2.41. The predicted octanol–water partition coefficient (Wildman–Crippen LogP) is 8.89. The van der Waals surface area contributed by atoms with Crippen LogP contribution in [0.5, 0.6) is 0 Å². The molecule has 0 unspecified atom stereocenters. The van der Waals surface area contributed by atoms with Gasteiger partial charge in [0.15, 0.2) is 46.5 Å². The van der Waals surface area contributed by atoms with Gasteiger partial charge in [-0.2, -0.15) is 57.9 Å². The average molecular weight is 839 g/mol. The maximum atomic E-state index is 15.6. The Hall–Kier alpha value is -8.20. The summed E-state index contributed by atoms with van der Waals surface area (Å²) in [5, 5.41) is 52.9. The highest BCUT2D eigenvalue weighted by Gasteiger charge is 2.44. The molecule has 0 amide bonds. The minimum Gasteiger partial charge on any atom is -0.203 e. The second kappa shape index (κ2) is 15.6. The van der Waals surface area contributed by atoms with E-state index in [0.717, 1.165) is 12.1 Å². The van der Waals surface area contributed by atoms with Gasteiger partial charge in [0, 0.05) is 0 Å². The number of nitriles is 6. The van der Waals surface area contributed by atoms with Crippen LogP contribution in [0.2, 0.25) is 0 Å². The molecular formula is C40H8F14N6. The summed E-state index contributed by atoms with van der Waals surface area (Å²) < 4.78 is 215. The number of hydrogen-bond donors (Lipinski definition) is 0. The number of benzene rings is 5. The summed E-state index contributed by atoms with van der Waals surface area (Å²) in [6, 6.07) is 11.0. The van der Waals surface area contributed by atoms with Crippen LogP contribution in [0.15, 0.2) is 48.5 Å². The first-order chi connectivity index (χ1) is 28.1. The monoisotopic (exact) mass is 838 g/mol. The Morgan fingerprint density at radius 1 is 0.350 bits per heavy atom. The minimum absolute atomic E-state index is 0.0684. The Morgan fingerprint density at radius 3 is 0.800 bits per heavy atom. The fraction of sp³-hybridized carbons (Fsp3) is 0.0500. The fourth-order valence-electron chi connectivity index (χ4n) is 6.07. The van der Waals surface area contributed by atoms with Gasteiger partial charge in [-0.05, 0) is 81.2 Å². The average Bonchev–Trinajstić information content (AvgIpc) is 3.21. The first-order valence-electron chi connectivity index (χ1n) is 15.6. The number of alkyl halides is 6. The predicted molar refractivity (Wildman–Crippen MR) is 175 cm³/mol. The third kappa shape index (κ3) is 7.26. The van der Waals surface area contributed by atoms with Gasteiger partial charge < -0.3 is 0 Å². The molecule has 0 spiro atoms. The zero-order chi connectivity index (χ0) is 44.8. The highest BCUT2D eigenvalue weighted by molar-refractivity contribution is 5.85. The van der Waals surface area contributed by atoms with Crippen LogP contribution in [0.3, 0.4) is 0 Å². The second-order valence-corrected chi connectivity index (χ2v) is 12.0. The second-order valence-electron chi connectivity index (χ2n) is 12.0. The molecule has 5 aromatic rings. The van der Waals surface area contributed by atoms with E-state index in [4.69, 9.17) is 10.5 Å². The minimum atomic E-state index is -6.26. The summed E-state index contributed by atoms with van der Waals surface area (Å²) in [4.78, 5) is 0. The molecule has 0 fully saturated rings. The Bertz CT molecular complexity index is 2790. The topological polar surface area (TPSA) is 143 Å². The summed E-state index contributed by atoms with van der Waals surface area (Å²) in [7, 11) is 0. The maximum absolute atomic E-state index is 15.6. The van der Waals surface area contributed by atoms with Gasteiger partial charge in [0.1, 0.15) is 23.3 Å². The quantitative estimate of drug-likeness (QED) is 0.131. The van der Waals surface area contributed by atoms with Gasteiger partial charge in [-0.25, -0.2) is 35.1 Å². The standard InChI is InChI=1S/C40H8F14N6/c41-31-25(13-59)32(42)36(46)27(35(31)45)29(39(49,50)51)23-8-22(20-5-17(11-57)2-18(6-20)12-58)24(7-21(23)19-3-15(9-55)1-16(4-19)10-56)30(40(52,53)54)28-37(47)33(43)26(14-60)34(44)38(28)48/h1-8H/b29-23-,30-24-. The number of rotatable bonds is 4. The lowest BCUT2D eigenvalue weighted by molar-refractivity contribution is -0.0708. The van der Waals surface area contributed by atoms with Crippen LogP contribution >= 0.6 is 0 Å². The summed E-state index contributed by atoms with van der Waals surface area (Å²) in [6.45, 7) is 0. The first-order valence-corrected chi connectivity index (χ1v) is 15.6. The zero-order valence-electron chi connectivity index (χ0n) is 28.6. The van der Waals surface area contributed by atoms with Gasteiger partial charge >= 0.3 is 12.4 Å². The molecule has 0 saturated heterocycles. The van der Waals surface area contributed by atoms with E-state index in [1.165, 1.54) is 24.3 Å². The van der Waals surface area contributed by atoms with E-state index >= 15 is 43.9 Å². The van der Waals surface area contributed by atoms with Gasteiger partial charge in [0.05, 0.1) is 68.8 Å². The van der Waals surface area contributed by atoms with Gasteiger partial charge in [0.25, 0.3) is 0 Å². The summed E-state index contributed by atoms with van der Waals surface area (Å²) in [5.41, 5.74) is -22.3. The molecule has 0 aliphatic rings. The van der Waals surface area contributed by atoms with Crippen LogP contribution < -0.4 is 10.4 Å². The van der Waals surface area contributed by atoms with Crippen molar-refractivity contribution in [3.8, 4) is 58.7 Å². The summed E-state index contributed by atoms with van der Waals surface area (Å²) in [6.07, 6.45) is -12.5. The Morgan fingerprint density at radius 2 is 0.600 bits per heavy atom. The van der Waals surface area contributed by atoms with Crippen LogP contribution in [0.1, 0.15) is 44.5 Å². The van der Waals surface area contributed by atoms with Crippen molar-refractivity contribution in [1.29, 1.82) is 31.6 Å². The molecule has 0 atom stereocenters.